The van der Waals surface area contributed by atoms with Gasteiger partial charge in [0.05, 0.1) is 39.1 Å². The van der Waals surface area contributed by atoms with Crippen molar-refractivity contribution in [1.82, 2.24) is 0 Å². The molecule has 1 fully saturated rings. The van der Waals surface area contributed by atoms with Crippen LogP contribution in [0.4, 0.5) is 0 Å². The molecule has 0 radical (unpaired) electrons. The molecule has 16 heavy (non-hydrogen) atoms. The standard InChI is InChI=1S/2C3H8O3.C3H6O/c2*4-1-3(6)2-5;1-3-2-4-3/h2*3-6H,1-2H2;3H,2H2,1H3. The van der Waals surface area contributed by atoms with Crippen molar-refractivity contribution < 1.29 is 35.4 Å². The summed E-state index contributed by atoms with van der Waals surface area (Å²) < 4.78 is 4.71. The number of rotatable bonds is 4. The number of ether oxygens (including phenoxy) is 1. The molecule has 1 unspecified atom stereocenters. The molecular weight excluding hydrogens is 220 g/mol. The Morgan fingerprint density at radius 3 is 1.12 bits per heavy atom. The Morgan fingerprint density at radius 1 is 0.938 bits per heavy atom. The van der Waals surface area contributed by atoms with Crippen molar-refractivity contribution in [1.29, 1.82) is 0 Å². The van der Waals surface area contributed by atoms with Crippen LogP contribution in [-0.4, -0.2) is 82.0 Å². The molecule has 1 rings (SSSR count). The van der Waals surface area contributed by atoms with E-state index in [1.165, 1.54) is 0 Å². The van der Waals surface area contributed by atoms with Gasteiger partial charge in [-0.2, -0.15) is 0 Å². The summed E-state index contributed by atoms with van der Waals surface area (Å²) in [6.07, 6.45) is -1.32. The van der Waals surface area contributed by atoms with Crippen molar-refractivity contribution in [2.24, 2.45) is 0 Å². The Kier molecular flexibility index (Phi) is 14.5. The molecule has 0 aliphatic carbocycles. The van der Waals surface area contributed by atoms with Crippen LogP contribution < -0.4 is 0 Å². The summed E-state index contributed by atoms with van der Waals surface area (Å²) in [6, 6.07) is 0. The van der Waals surface area contributed by atoms with Gasteiger partial charge in [0, 0.05) is 0 Å². The molecule has 1 aliphatic rings. The monoisotopic (exact) mass is 242 g/mol. The Labute approximate surface area is 94.5 Å². The number of aliphatic hydroxyl groups excluding tert-OH is 6. The molecule has 1 atom stereocenters. The van der Waals surface area contributed by atoms with Crippen LogP contribution in [0.2, 0.25) is 0 Å². The van der Waals surface area contributed by atoms with E-state index in [0.29, 0.717) is 6.10 Å². The molecule has 0 saturated carbocycles. The van der Waals surface area contributed by atoms with Crippen LogP contribution in [0.1, 0.15) is 6.92 Å². The van der Waals surface area contributed by atoms with E-state index in [-0.39, 0.29) is 26.4 Å². The maximum absolute atomic E-state index is 8.17. The third kappa shape index (κ3) is 19.3. The first kappa shape index (κ1) is 18.1. The Morgan fingerprint density at radius 2 is 1.12 bits per heavy atom. The topological polar surface area (TPSA) is 134 Å². The fourth-order valence-electron chi connectivity index (χ4n) is 0.212. The molecule has 0 aromatic heterocycles. The van der Waals surface area contributed by atoms with E-state index in [1.807, 2.05) is 0 Å². The molecule has 1 aliphatic heterocycles. The minimum Gasteiger partial charge on any atom is -0.394 e. The van der Waals surface area contributed by atoms with Crippen LogP contribution in [0.3, 0.4) is 0 Å². The number of hydrogen-bond donors (Lipinski definition) is 6. The van der Waals surface area contributed by atoms with E-state index in [2.05, 4.69) is 6.92 Å². The second kappa shape index (κ2) is 12.8. The van der Waals surface area contributed by atoms with Crippen LogP contribution >= 0.6 is 0 Å². The van der Waals surface area contributed by atoms with E-state index < -0.39 is 12.2 Å². The maximum Gasteiger partial charge on any atom is 0.100 e. The smallest absolute Gasteiger partial charge is 0.100 e. The van der Waals surface area contributed by atoms with Crippen molar-refractivity contribution in [2.75, 3.05) is 33.0 Å². The highest BCUT2D eigenvalue weighted by Gasteiger charge is 2.13. The van der Waals surface area contributed by atoms with Gasteiger partial charge in [-0.3, -0.25) is 0 Å². The highest BCUT2D eigenvalue weighted by atomic mass is 16.6. The van der Waals surface area contributed by atoms with Crippen molar-refractivity contribution in [3.63, 3.8) is 0 Å². The first-order valence-corrected chi connectivity index (χ1v) is 4.92. The molecule has 6 N–H and O–H groups in total. The highest BCUT2D eigenvalue weighted by molar-refractivity contribution is 4.58. The predicted molar refractivity (Wildman–Crippen MR) is 55.8 cm³/mol. The van der Waals surface area contributed by atoms with Crippen molar-refractivity contribution >= 4 is 0 Å². The normalized spacial score (nSPS) is 17.4. The molecule has 0 amide bonds. The first-order chi connectivity index (χ1) is 7.51. The molecule has 0 bridgehead atoms. The van der Waals surface area contributed by atoms with Crippen LogP contribution in [0.15, 0.2) is 0 Å². The average Bonchev–Trinajstić information content (AvgIpc) is 3.10. The third-order valence-corrected chi connectivity index (χ3v) is 1.34. The van der Waals surface area contributed by atoms with Crippen LogP contribution in [0.5, 0.6) is 0 Å². The lowest BCUT2D eigenvalue weighted by atomic mass is 10.4. The minimum absolute atomic E-state index is 0.365. The molecule has 7 nitrogen and oxygen atoms in total. The van der Waals surface area contributed by atoms with Gasteiger partial charge in [0.1, 0.15) is 12.2 Å². The summed E-state index contributed by atoms with van der Waals surface area (Å²) in [7, 11) is 0. The third-order valence-electron chi connectivity index (χ3n) is 1.34. The summed E-state index contributed by atoms with van der Waals surface area (Å²) in [5.41, 5.74) is 0. The quantitative estimate of drug-likeness (QED) is 0.291. The van der Waals surface area contributed by atoms with Gasteiger partial charge >= 0.3 is 0 Å². The molecule has 1 saturated heterocycles. The Bertz CT molecular complexity index is 111. The first-order valence-electron chi connectivity index (χ1n) is 4.92. The van der Waals surface area contributed by atoms with Crippen LogP contribution in [0.25, 0.3) is 0 Å². The Balaban J connectivity index is 0. The van der Waals surface area contributed by atoms with Gasteiger partial charge < -0.3 is 35.4 Å². The lowest BCUT2D eigenvalue weighted by Gasteiger charge is -1.96. The van der Waals surface area contributed by atoms with E-state index in [1.54, 1.807) is 0 Å². The van der Waals surface area contributed by atoms with Gasteiger partial charge in [0.2, 0.25) is 0 Å². The van der Waals surface area contributed by atoms with E-state index in [9.17, 15) is 0 Å². The minimum atomic E-state index is -0.954. The van der Waals surface area contributed by atoms with Gasteiger partial charge in [0.15, 0.2) is 0 Å². The van der Waals surface area contributed by atoms with Crippen molar-refractivity contribution in [3.05, 3.63) is 0 Å². The number of hydrogen-bond acceptors (Lipinski definition) is 7. The van der Waals surface area contributed by atoms with E-state index in [0.717, 1.165) is 6.61 Å². The average molecular weight is 242 g/mol. The maximum atomic E-state index is 8.17. The molecule has 100 valence electrons. The summed E-state index contributed by atoms with van der Waals surface area (Å²) in [4.78, 5) is 0. The van der Waals surface area contributed by atoms with E-state index >= 15 is 0 Å². The Hall–Kier alpha value is -0.280. The lowest BCUT2D eigenvalue weighted by molar-refractivity contribution is 0.0450. The number of epoxide rings is 1. The number of aliphatic hydroxyl groups is 6. The predicted octanol–water partition coefficient (Wildman–Crippen LogP) is -2.93. The highest BCUT2D eigenvalue weighted by Crippen LogP contribution is 2.04. The van der Waals surface area contributed by atoms with Gasteiger partial charge in [-0.25, -0.2) is 0 Å². The second-order valence-electron chi connectivity index (χ2n) is 3.18. The molecule has 7 heteroatoms. The largest absolute Gasteiger partial charge is 0.394 e. The molecule has 0 spiro atoms. The molecule has 0 aromatic rings. The van der Waals surface area contributed by atoms with Crippen molar-refractivity contribution in [2.45, 2.75) is 25.2 Å². The molecular formula is C9H22O7. The molecule has 0 aromatic carbocycles. The zero-order valence-electron chi connectivity index (χ0n) is 9.36. The fraction of sp³-hybridized carbons (Fsp3) is 1.00. The zero-order valence-corrected chi connectivity index (χ0v) is 9.36. The van der Waals surface area contributed by atoms with Gasteiger partial charge in [-0.1, -0.05) is 0 Å². The summed E-state index contributed by atoms with van der Waals surface area (Å²) in [5.74, 6) is 0. The lowest BCUT2D eigenvalue weighted by Crippen LogP contribution is -2.15. The van der Waals surface area contributed by atoms with E-state index in [4.69, 9.17) is 35.4 Å². The second-order valence-corrected chi connectivity index (χ2v) is 3.18. The van der Waals surface area contributed by atoms with Gasteiger partial charge in [-0.15, -0.1) is 0 Å². The summed E-state index contributed by atoms with van der Waals surface area (Å²) in [6.45, 7) is 1.58. The van der Waals surface area contributed by atoms with Gasteiger partial charge in [-0.05, 0) is 6.92 Å². The van der Waals surface area contributed by atoms with Gasteiger partial charge in [0.25, 0.3) is 0 Å². The zero-order chi connectivity index (χ0) is 13.0. The van der Waals surface area contributed by atoms with Crippen LogP contribution in [0, 0.1) is 0 Å². The van der Waals surface area contributed by atoms with Crippen LogP contribution in [-0.2, 0) is 4.74 Å². The van der Waals surface area contributed by atoms with Crippen molar-refractivity contribution in [3.8, 4) is 0 Å². The SMILES string of the molecule is CC1CO1.OCC(O)CO.OCC(O)CO. The summed E-state index contributed by atoms with van der Waals surface area (Å²) in [5, 5.41) is 48.0. The molecule has 1 heterocycles. The summed E-state index contributed by atoms with van der Waals surface area (Å²) >= 11 is 0. The fourth-order valence-corrected chi connectivity index (χ4v) is 0.212.